The number of hydrogen-bond donors (Lipinski definition) is 4. The number of benzene rings is 2. The second kappa shape index (κ2) is 19.5. The Balaban J connectivity index is 0.000000218. The number of anilines is 4. The Hall–Kier alpha value is -4.85. The normalized spacial score (nSPS) is 15.9. The number of piperazine rings is 2. The molecule has 2 fully saturated rings. The van der Waals surface area contributed by atoms with Crippen LogP contribution in [0, 0.1) is 0 Å². The summed E-state index contributed by atoms with van der Waals surface area (Å²) < 4.78 is 105. The molecule has 310 valence electrons. The molecule has 2 atom stereocenters. The predicted octanol–water partition coefficient (Wildman–Crippen LogP) is 5.04. The van der Waals surface area contributed by atoms with E-state index < -0.39 is 39.1 Å². The highest BCUT2D eigenvalue weighted by molar-refractivity contribution is 7.93. The number of alkyl halides is 3. The Kier molecular flexibility index (Phi) is 14.8. The van der Waals surface area contributed by atoms with Gasteiger partial charge in [0, 0.05) is 64.2 Å². The lowest BCUT2D eigenvalue weighted by atomic mass is 10.0. The molecule has 0 spiro atoms. The summed E-state index contributed by atoms with van der Waals surface area (Å²) >= 11 is 0. The molecule has 4 heterocycles. The van der Waals surface area contributed by atoms with Crippen molar-refractivity contribution in [2.45, 2.75) is 41.9 Å². The van der Waals surface area contributed by atoms with Crippen molar-refractivity contribution in [2.24, 2.45) is 0 Å². The highest BCUT2D eigenvalue weighted by atomic mass is 32.2. The van der Waals surface area contributed by atoms with Crippen LogP contribution in [0.3, 0.4) is 0 Å². The van der Waals surface area contributed by atoms with Gasteiger partial charge in [-0.05, 0) is 59.7 Å². The molecule has 14 nitrogen and oxygen atoms in total. The van der Waals surface area contributed by atoms with E-state index in [2.05, 4.69) is 39.8 Å². The first-order chi connectivity index (χ1) is 27.3. The first kappa shape index (κ1) is 43.3. The van der Waals surface area contributed by atoms with E-state index in [1.54, 1.807) is 43.3 Å². The molecule has 0 radical (unpaired) electrons. The Morgan fingerprint density at radius 3 is 1.39 bits per heavy atom. The van der Waals surface area contributed by atoms with E-state index >= 15 is 0 Å². The summed E-state index contributed by atoms with van der Waals surface area (Å²) in [5, 5.41) is 6.53. The largest absolute Gasteiger partial charge is 0.479 e. The van der Waals surface area contributed by atoms with Crippen LogP contribution in [0.15, 0.2) is 82.6 Å². The standard InChI is InChI=1S/C19H24F2N4O3S.C19H25FN4O3S/c1-13(18(20)21)14-3-5-15(6-4-14)29(26,27)24-16-7-8-17(23-19(16)28-2)25-11-9-22-10-12-25;1-14(13-20)15-3-5-16(6-4-15)28(25,26)23-17-7-8-18(22-19(17)27-2)24-11-9-21-10-12-24/h3-8,13,18,22,24H,9-12H2,1-2H3;3-8,14,21,23H,9-13H2,1-2H3/t;14-/m.1/s1. The number of rotatable bonds is 14. The van der Waals surface area contributed by atoms with Crippen molar-refractivity contribution in [1.29, 1.82) is 0 Å². The Morgan fingerprint density at radius 2 is 1.04 bits per heavy atom. The maximum Gasteiger partial charge on any atom is 0.262 e. The molecule has 2 aliphatic rings. The second-order valence-electron chi connectivity index (χ2n) is 13.5. The Morgan fingerprint density at radius 1 is 0.649 bits per heavy atom. The summed E-state index contributed by atoms with van der Waals surface area (Å²) in [6.07, 6.45) is -2.51. The van der Waals surface area contributed by atoms with Crippen molar-refractivity contribution in [3.8, 4) is 11.8 Å². The molecule has 0 saturated carbocycles. The molecule has 2 aliphatic heterocycles. The number of nitrogens with zero attached hydrogens (tertiary/aromatic N) is 4. The van der Waals surface area contributed by atoms with E-state index in [9.17, 15) is 30.0 Å². The van der Waals surface area contributed by atoms with Gasteiger partial charge in [-0.2, -0.15) is 9.97 Å². The van der Waals surface area contributed by atoms with Gasteiger partial charge in [-0.15, -0.1) is 0 Å². The van der Waals surface area contributed by atoms with E-state index in [-0.39, 0.29) is 38.8 Å². The number of ether oxygens (including phenoxy) is 2. The van der Waals surface area contributed by atoms with Gasteiger partial charge in [0.25, 0.3) is 20.0 Å². The first-order valence-corrected chi connectivity index (χ1v) is 21.3. The highest BCUT2D eigenvalue weighted by Crippen LogP contribution is 2.31. The van der Waals surface area contributed by atoms with Crippen LogP contribution in [0.1, 0.15) is 36.8 Å². The molecule has 2 aromatic heterocycles. The van der Waals surface area contributed by atoms with Gasteiger partial charge < -0.3 is 29.9 Å². The van der Waals surface area contributed by atoms with Crippen LogP contribution < -0.4 is 39.4 Å². The minimum atomic E-state index is -3.93. The third-order valence-corrected chi connectivity index (χ3v) is 12.3. The fourth-order valence-electron chi connectivity index (χ4n) is 6.04. The average Bonchev–Trinajstić information content (AvgIpc) is 3.24. The van der Waals surface area contributed by atoms with Crippen LogP contribution in [0.5, 0.6) is 11.8 Å². The van der Waals surface area contributed by atoms with E-state index in [1.165, 1.54) is 57.5 Å². The van der Waals surface area contributed by atoms with Crippen LogP contribution in [0.4, 0.5) is 36.2 Å². The van der Waals surface area contributed by atoms with Gasteiger partial charge in [0.1, 0.15) is 23.0 Å². The number of aromatic nitrogens is 2. The summed E-state index contributed by atoms with van der Waals surface area (Å²) in [7, 11) is -4.88. The molecule has 2 aromatic carbocycles. The molecule has 4 aromatic rings. The van der Waals surface area contributed by atoms with Crippen LogP contribution in [-0.2, 0) is 20.0 Å². The molecule has 6 rings (SSSR count). The number of nitrogens with one attached hydrogen (secondary N) is 4. The van der Waals surface area contributed by atoms with Gasteiger partial charge in [0.2, 0.25) is 18.2 Å². The molecule has 4 N–H and O–H groups in total. The zero-order valence-electron chi connectivity index (χ0n) is 32.2. The summed E-state index contributed by atoms with van der Waals surface area (Å²) in [6, 6.07) is 18.4. The smallest absolute Gasteiger partial charge is 0.262 e. The molecule has 0 bridgehead atoms. The van der Waals surface area contributed by atoms with Gasteiger partial charge in [0.15, 0.2) is 0 Å². The SMILES string of the molecule is COc1nc(N2CCNCC2)ccc1NS(=O)(=O)c1ccc(C(C)C(F)F)cc1.COc1nc(N2CCNCC2)ccc1NS(=O)(=O)c1ccc([C@H](C)CF)cc1. The predicted molar refractivity (Wildman–Crippen MR) is 215 cm³/mol. The van der Waals surface area contributed by atoms with Gasteiger partial charge in [-0.25, -0.2) is 25.6 Å². The number of methoxy groups -OCH3 is 2. The number of pyridine rings is 2. The van der Waals surface area contributed by atoms with Crippen LogP contribution in [0.25, 0.3) is 0 Å². The quantitative estimate of drug-likeness (QED) is 0.134. The summed E-state index contributed by atoms with van der Waals surface area (Å²) in [5.41, 5.74) is 1.60. The van der Waals surface area contributed by atoms with Crippen molar-refractivity contribution in [3.05, 3.63) is 83.9 Å². The minimum Gasteiger partial charge on any atom is -0.479 e. The molecule has 57 heavy (non-hydrogen) atoms. The van der Waals surface area contributed by atoms with Gasteiger partial charge >= 0.3 is 0 Å². The van der Waals surface area contributed by atoms with E-state index in [1.807, 2.05) is 0 Å². The van der Waals surface area contributed by atoms with Crippen molar-refractivity contribution < 1.29 is 39.5 Å². The molecule has 2 saturated heterocycles. The van der Waals surface area contributed by atoms with Crippen LogP contribution in [0.2, 0.25) is 0 Å². The fourth-order valence-corrected chi connectivity index (χ4v) is 8.15. The number of hydrogen-bond acceptors (Lipinski definition) is 12. The third-order valence-electron chi connectivity index (χ3n) is 9.53. The molecule has 0 aliphatic carbocycles. The summed E-state index contributed by atoms with van der Waals surface area (Å²) in [4.78, 5) is 13.1. The summed E-state index contributed by atoms with van der Waals surface area (Å²) in [6.45, 7) is 9.32. The van der Waals surface area contributed by atoms with E-state index in [0.717, 1.165) is 63.7 Å². The molecular formula is C38H49F3N8O6S2. The monoisotopic (exact) mass is 834 g/mol. The minimum absolute atomic E-state index is 0.0315. The maximum absolute atomic E-state index is 12.8. The molecule has 1 unspecified atom stereocenters. The highest BCUT2D eigenvalue weighted by Gasteiger charge is 2.23. The van der Waals surface area contributed by atoms with Crippen LogP contribution in [-0.4, -0.2) is 106 Å². The lowest BCUT2D eigenvalue weighted by molar-refractivity contribution is 0.121. The lowest BCUT2D eigenvalue weighted by Gasteiger charge is -2.28. The van der Waals surface area contributed by atoms with Gasteiger partial charge in [0.05, 0.1) is 30.7 Å². The summed E-state index contributed by atoms with van der Waals surface area (Å²) in [5.74, 6) is 0.574. The van der Waals surface area contributed by atoms with E-state index in [4.69, 9.17) is 9.47 Å². The van der Waals surface area contributed by atoms with E-state index in [0.29, 0.717) is 11.4 Å². The van der Waals surface area contributed by atoms with Crippen molar-refractivity contribution >= 4 is 43.1 Å². The van der Waals surface area contributed by atoms with Crippen molar-refractivity contribution in [2.75, 3.05) is 92.5 Å². The lowest BCUT2D eigenvalue weighted by Crippen LogP contribution is -2.43. The first-order valence-electron chi connectivity index (χ1n) is 18.4. The molecule has 0 amide bonds. The Bertz CT molecular complexity index is 2140. The molecule has 19 heteroatoms. The second-order valence-corrected chi connectivity index (χ2v) is 16.8. The van der Waals surface area contributed by atoms with Gasteiger partial charge in [-0.3, -0.25) is 13.8 Å². The average molecular weight is 835 g/mol. The maximum atomic E-state index is 12.8. The van der Waals surface area contributed by atoms with Crippen LogP contribution >= 0.6 is 0 Å². The zero-order chi connectivity index (χ0) is 41.2. The molecular weight excluding hydrogens is 786 g/mol. The third kappa shape index (κ3) is 11.2. The number of sulfonamides is 2. The van der Waals surface area contributed by atoms with Gasteiger partial charge in [-0.1, -0.05) is 38.1 Å². The zero-order valence-corrected chi connectivity index (χ0v) is 33.8. The number of halogens is 3. The fraction of sp³-hybridized carbons (Fsp3) is 0.421. The Labute approximate surface area is 332 Å². The van der Waals surface area contributed by atoms with Crippen molar-refractivity contribution in [1.82, 2.24) is 20.6 Å². The topological polar surface area (TPSA) is 167 Å². The van der Waals surface area contributed by atoms with Crippen molar-refractivity contribution in [3.63, 3.8) is 0 Å².